The van der Waals surface area contributed by atoms with Crippen molar-refractivity contribution in [2.75, 3.05) is 29.9 Å². The molecule has 7 heteroatoms. The highest BCUT2D eigenvalue weighted by molar-refractivity contribution is 7.20. The van der Waals surface area contributed by atoms with Crippen molar-refractivity contribution in [2.24, 2.45) is 0 Å². The highest BCUT2D eigenvalue weighted by atomic mass is 32.1. The number of rotatable bonds is 3. The highest BCUT2D eigenvalue weighted by Crippen LogP contribution is 2.37. The minimum atomic E-state index is -0.0755. The van der Waals surface area contributed by atoms with Gasteiger partial charge in [0.25, 0.3) is 5.91 Å². The van der Waals surface area contributed by atoms with Crippen LogP contribution < -0.4 is 9.80 Å². The molecular weight excluding hydrogens is 372 g/mol. The van der Waals surface area contributed by atoms with E-state index in [0.29, 0.717) is 4.88 Å². The predicted octanol–water partition coefficient (Wildman–Crippen LogP) is 4.28. The maximum atomic E-state index is 13.2. The number of anilines is 2. The largest absolute Gasteiger partial charge is 0.508 e. The van der Waals surface area contributed by atoms with Crippen LogP contribution in [0.1, 0.15) is 40.3 Å². The van der Waals surface area contributed by atoms with Gasteiger partial charge in [0.2, 0.25) is 0 Å². The Balaban J connectivity index is 1.76. The summed E-state index contributed by atoms with van der Waals surface area (Å²) in [5, 5.41) is 10.5. The van der Waals surface area contributed by atoms with Gasteiger partial charge in [-0.05, 0) is 62.9 Å². The zero-order valence-electron chi connectivity index (χ0n) is 16.4. The third-order valence-electron chi connectivity index (χ3n) is 5.27. The van der Waals surface area contributed by atoms with Gasteiger partial charge >= 0.3 is 0 Å². The van der Waals surface area contributed by atoms with E-state index in [1.165, 1.54) is 30.6 Å². The highest BCUT2D eigenvalue weighted by Gasteiger charge is 2.25. The molecule has 2 aromatic heterocycles. The lowest BCUT2D eigenvalue weighted by Crippen LogP contribution is -2.30. The summed E-state index contributed by atoms with van der Waals surface area (Å²) >= 11 is 1.43. The Hall–Kier alpha value is -2.67. The molecule has 0 unspecified atom stereocenters. The lowest BCUT2D eigenvalue weighted by molar-refractivity contribution is 0.0996. The lowest BCUT2D eigenvalue weighted by atomic mass is 10.1. The van der Waals surface area contributed by atoms with Crippen molar-refractivity contribution in [3.05, 3.63) is 40.5 Å². The van der Waals surface area contributed by atoms with Crippen LogP contribution in [0.3, 0.4) is 0 Å². The standard InChI is InChI=1S/C21H24N4O2S/c1-13-17-19(25-11-5-4-6-12-25)22-14(2)23-20(17)28-18(13)21(27)24(3)15-7-9-16(26)10-8-15/h7-10,26H,4-6,11-12H2,1-3H3. The van der Waals surface area contributed by atoms with Crippen molar-refractivity contribution >= 4 is 39.0 Å². The van der Waals surface area contributed by atoms with E-state index in [2.05, 4.69) is 9.88 Å². The Morgan fingerprint density at radius 2 is 1.79 bits per heavy atom. The summed E-state index contributed by atoms with van der Waals surface area (Å²) in [6, 6.07) is 6.64. The molecule has 1 saturated heterocycles. The van der Waals surface area contributed by atoms with Gasteiger partial charge < -0.3 is 14.9 Å². The Morgan fingerprint density at radius 1 is 1.11 bits per heavy atom. The smallest absolute Gasteiger partial charge is 0.268 e. The van der Waals surface area contributed by atoms with Crippen LogP contribution in [0.2, 0.25) is 0 Å². The number of aryl methyl sites for hydroxylation is 2. The minimum Gasteiger partial charge on any atom is -0.508 e. The summed E-state index contributed by atoms with van der Waals surface area (Å²) in [5.74, 6) is 1.80. The molecule has 0 radical (unpaired) electrons. The normalized spacial score (nSPS) is 14.5. The average molecular weight is 397 g/mol. The first-order chi connectivity index (χ1) is 13.5. The molecule has 146 valence electrons. The predicted molar refractivity (Wildman–Crippen MR) is 114 cm³/mol. The third kappa shape index (κ3) is 3.30. The fraction of sp³-hybridized carbons (Fsp3) is 0.381. The Labute approximate surface area is 168 Å². The maximum absolute atomic E-state index is 13.2. The molecule has 0 atom stereocenters. The second-order valence-corrected chi connectivity index (χ2v) is 8.26. The Bertz CT molecular complexity index is 1020. The van der Waals surface area contributed by atoms with Crippen LogP contribution in [0.25, 0.3) is 10.2 Å². The number of thiophene rings is 1. The number of piperidine rings is 1. The van der Waals surface area contributed by atoms with Crippen molar-refractivity contribution in [1.82, 2.24) is 9.97 Å². The molecule has 1 aliphatic rings. The van der Waals surface area contributed by atoms with Crippen LogP contribution in [0.15, 0.2) is 24.3 Å². The maximum Gasteiger partial charge on any atom is 0.268 e. The molecule has 0 aliphatic carbocycles. The molecule has 1 aliphatic heterocycles. The summed E-state index contributed by atoms with van der Waals surface area (Å²) in [6.45, 7) is 5.89. The number of amides is 1. The summed E-state index contributed by atoms with van der Waals surface area (Å²) in [5.41, 5.74) is 1.68. The summed E-state index contributed by atoms with van der Waals surface area (Å²) in [6.07, 6.45) is 3.60. The van der Waals surface area contributed by atoms with E-state index in [-0.39, 0.29) is 11.7 Å². The SMILES string of the molecule is Cc1nc(N2CCCCC2)c2c(C)c(C(=O)N(C)c3ccc(O)cc3)sc2n1. The number of carbonyl (C=O) groups is 1. The number of benzene rings is 1. The van der Waals surface area contributed by atoms with Crippen molar-refractivity contribution in [3.8, 4) is 5.75 Å². The molecule has 6 nitrogen and oxygen atoms in total. The molecule has 0 spiro atoms. The van der Waals surface area contributed by atoms with Gasteiger partial charge in [0.1, 0.15) is 22.2 Å². The first kappa shape index (κ1) is 18.7. The number of aromatic hydroxyl groups is 1. The number of phenols is 1. The summed E-state index contributed by atoms with van der Waals surface area (Å²) < 4.78 is 0. The van der Waals surface area contributed by atoms with E-state index >= 15 is 0 Å². The fourth-order valence-corrected chi connectivity index (χ4v) is 4.90. The number of aromatic nitrogens is 2. The van der Waals surface area contributed by atoms with E-state index in [9.17, 15) is 9.90 Å². The first-order valence-corrected chi connectivity index (χ1v) is 10.4. The minimum absolute atomic E-state index is 0.0755. The van der Waals surface area contributed by atoms with Crippen LogP contribution in [0, 0.1) is 13.8 Å². The molecule has 28 heavy (non-hydrogen) atoms. The topological polar surface area (TPSA) is 69.6 Å². The van der Waals surface area contributed by atoms with Gasteiger partial charge in [-0.25, -0.2) is 9.97 Å². The molecule has 4 rings (SSSR count). The van der Waals surface area contributed by atoms with Crippen molar-refractivity contribution in [3.63, 3.8) is 0 Å². The van der Waals surface area contributed by atoms with Gasteiger partial charge in [-0.1, -0.05) is 0 Å². The number of hydrogen-bond donors (Lipinski definition) is 1. The van der Waals surface area contributed by atoms with Gasteiger partial charge in [-0.2, -0.15) is 0 Å². The van der Waals surface area contributed by atoms with Crippen LogP contribution in [0.5, 0.6) is 5.75 Å². The van der Waals surface area contributed by atoms with Crippen LogP contribution in [0.4, 0.5) is 11.5 Å². The Kier molecular flexibility index (Phi) is 4.93. The summed E-state index contributed by atoms with van der Waals surface area (Å²) in [7, 11) is 1.75. The average Bonchev–Trinajstić information content (AvgIpc) is 3.03. The second-order valence-electron chi connectivity index (χ2n) is 7.26. The monoisotopic (exact) mass is 396 g/mol. The van der Waals surface area contributed by atoms with Gasteiger partial charge in [0.05, 0.1) is 10.3 Å². The van der Waals surface area contributed by atoms with Gasteiger partial charge in [-0.15, -0.1) is 11.3 Å². The number of nitrogens with zero attached hydrogens (tertiary/aromatic N) is 4. The van der Waals surface area contributed by atoms with E-state index in [4.69, 9.17) is 4.98 Å². The van der Waals surface area contributed by atoms with Crippen LogP contribution in [-0.4, -0.2) is 41.1 Å². The van der Waals surface area contributed by atoms with Crippen molar-refractivity contribution in [2.45, 2.75) is 33.1 Å². The molecule has 3 heterocycles. The first-order valence-electron chi connectivity index (χ1n) is 9.55. The number of fused-ring (bicyclic) bond motifs is 1. The van der Waals surface area contributed by atoms with Gasteiger partial charge in [0.15, 0.2) is 0 Å². The van der Waals surface area contributed by atoms with E-state index in [0.717, 1.165) is 46.2 Å². The summed E-state index contributed by atoms with van der Waals surface area (Å²) in [4.78, 5) is 28.1. The van der Waals surface area contributed by atoms with Gasteiger partial charge in [-0.3, -0.25) is 4.79 Å². The molecule has 1 aromatic carbocycles. The molecule has 1 amide bonds. The molecule has 0 saturated carbocycles. The molecule has 3 aromatic rings. The van der Waals surface area contributed by atoms with E-state index in [1.807, 2.05) is 13.8 Å². The van der Waals surface area contributed by atoms with Gasteiger partial charge in [0, 0.05) is 25.8 Å². The van der Waals surface area contributed by atoms with Crippen LogP contribution in [-0.2, 0) is 0 Å². The molecule has 0 bridgehead atoms. The Morgan fingerprint density at radius 3 is 2.46 bits per heavy atom. The quantitative estimate of drug-likeness (QED) is 0.716. The van der Waals surface area contributed by atoms with Crippen LogP contribution >= 0.6 is 11.3 Å². The third-order valence-corrected chi connectivity index (χ3v) is 6.45. The second kappa shape index (κ2) is 7.39. The zero-order valence-corrected chi connectivity index (χ0v) is 17.2. The molecule has 1 fully saturated rings. The number of carbonyl (C=O) groups excluding carboxylic acids is 1. The van der Waals surface area contributed by atoms with E-state index < -0.39 is 0 Å². The van der Waals surface area contributed by atoms with Crippen molar-refractivity contribution in [1.29, 1.82) is 0 Å². The molecular formula is C21H24N4O2S. The fourth-order valence-electron chi connectivity index (χ4n) is 3.71. The van der Waals surface area contributed by atoms with Crippen molar-refractivity contribution < 1.29 is 9.90 Å². The lowest BCUT2D eigenvalue weighted by Gasteiger charge is -2.28. The molecule has 1 N–H and O–H groups in total. The van der Waals surface area contributed by atoms with E-state index in [1.54, 1.807) is 36.2 Å². The number of phenolic OH excluding ortho intramolecular Hbond substituents is 1. The number of hydrogen-bond acceptors (Lipinski definition) is 6. The zero-order chi connectivity index (χ0) is 19.8.